The molecule has 1 fully saturated rings. The van der Waals surface area contributed by atoms with Gasteiger partial charge in [0.05, 0.1) is 12.6 Å². The molecule has 6 nitrogen and oxygen atoms in total. The molecule has 6 heteroatoms. The van der Waals surface area contributed by atoms with Crippen LogP contribution in [0.4, 0.5) is 5.69 Å². The van der Waals surface area contributed by atoms with E-state index in [9.17, 15) is 9.59 Å². The van der Waals surface area contributed by atoms with Crippen LogP contribution >= 0.6 is 0 Å². The van der Waals surface area contributed by atoms with Crippen molar-refractivity contribution in [2.24, 2.45) is 0 Å². The SMILES string of the molecule is CN(C)c1ccc(CCC(=O)NC2CC(=O)N(CCOc3ccccc3)C2)cc1. The van der Waals surface area contributed by atoms with E-state index in [1.54, 1.807) is 4.90 Å². The Morgan fingerprint density at radius 2 is 1.86 bits per heavy atom. The molecule has 1 saturated heterocycles. The zero-order valence-electron chi connectivity index (χ0n) is 17.1. The summed E-state index contributed by atoms with van der Waals surface area (Å²) in [5, 5.41) is 3.00. The molecule has 29 heavy (non-hydrogen) atoms. The summed E-state index contributed by atoms with van der Waals surface area (Å²) >= 11 is 0. The number of hydrogen-bond acceptors (Lipinski definition) is 4. The highest BCUT2D eigenvalue weighted by atomic mass is 16.5. The highest BCUT2D eigenvalue weighted by Gasteiger charge is 2.30. The first-order valence-corrected chi connectivity index (χ1v) is 10.0. The van der Waals surface area contributed by atoms with Crippen molar-refractivity contribution in [1.82, 2.24) is 10.2 Å². The van der Waals surface area contributed by atoms with Crippen LogP contribution in [-0.2, 0) is 16.0 Å². The maximum absolute atomic E-state index is 12.3. The minimum atomic E-state index is -0.122. The normalized spacial score (nSPS) is 16.0. The molecule has 1 aliphatic rings. The third-order valence-corrected chi connectivity index (χ3v) is 5.05. The molecule has 0 radical (unpaired) electrons. The van der Waals surface area contributed by atoms with Gasteiger partial charge in [-0.25, -0.2) is 0 Å². The average Bonchev–Trinajstić information content (AvgIpc) is 3.06. The number of ether oxygens (including phenoxy) is 1. The number of likely N-dealkylation sites (tertiary alicyclic amines) is 1. The zero-order valence-corrected chi connectivity index (χ0v) is 17.1. The standard InChI is InChI=1S/C23H29N3O3/c1-25(2)20-11-8-18(9-12-20)10-13-22(27)24-19-16-23(28)26(17-19)14-15-29-21-6-4-3-5-7-21/h3-9,11-12,19H,10,13-17H2,1-2H3,(H,24,27). The monoisotopic (exact) mass is 395 g/mol. The number of nitrogens with one attached hydrogen (secondary N) is 1. The first kappa shape index (κ1) is 20.7. The van der Waals surface area contributed by atoms with Crippen LogP contribution in [0.2, 0.25) is 0 Å². The number of benzene rings is 2. The Hall–Kier alpha value is -3.02. The fourth-order valence-electron chi connectivity index (χ4n) is 3.39. The molecule has 1 heterocycles. The van der Waals surface area contributed by atoms with Crippen molar-refractivity contribution in [2.45, 2.75) is 25.3 Å². The molecule has 0 bridgehead atoms. The maximum atomic E-state index is 12.3. The van der Waals surface area contributed by atoms with Gasteiger partial charge in [0.1, 0.15) is 12.4 Å². The van der Waals surface area contributed by atoms with Crippen molar-refractivity contribution < 1.29 is 14.3 Å². The zero-order chi connectivity index (χ0) is 20.6. The van der Waals surface area contributed by atoms with Gasteiger partial charge in [0, 0.05) is 39.2 Å². The second-order valence-corrected chi connectivity index (χ2v) is 7.53. The molecule has 2 amide bonds. The molecule has 0 saturated carbocycles. The number of carbonyl (C=O) groups is 2. The van der Waals surface area contributed by atoms with Gasteiger partial charge in [0.25, 0.3) is 0 Å². The van der Waals surface area contributed by atoms with Crippen molar-refractivity contribution in [3.8, 4) is 5.75 Å². The number of aryl methyl sites for hydroxylation is 1. The summed E-state index contributed by atoms with van der Waals surface area (Å²) in [6.45, 7) is 1.51. The summed E-state index contributed by atoms with van der Waals surface area (Å²) in [5.74, 6) is 0.843. The van der Waals surface area contributed by atoms with E-state index in [2.05, 4.69) is 29.6 Å². The molecule has 0 spiro atoms. The van der Waals surface area contributed by atoms with Crippen molar-refractivity contribution in [3.05, 3.63) is 60.2 Å². The summed E-state index contributed by atoms with van der Waals surface area (Å²) in [6, 6.07) is 17.6. The number of nitrogens with zero attached hydrogens (tertiary/aromatic N) is 2. The third kappa shape index (κ3) is 6.24. The Morgan fingerprint density at radius 1 is 1.14 bits per heavy atom. The van der Waals surface area contributed by atoms with Crippen molar-refractivity contribution in [2.75, 3.05) is 38.7 Å². The van der Waals surface area contributed by atoms with Crippen molar-refractivity contribution >= 4 is 17.5 Å². The average molecular weight is 396 g/mol. The van der Waals surface area contributed by atoms with Crippen LogP contribution in [0.5, 0.6) is 5.75 Å². The first-order chi connectivity index (χ1) is 14.0. The van der Waals surface area contributed by atoms with Crippen molar-refractivity contribution in [1.29, 1.82) is 0 Å². The molecule has 1 unspecified atom stereocenters. The molecular formula is C23H29N3O3. The van der Waals surface area contributed by atoms with Crippen LogP contribution in [0, 0.1) is 0 Å². The number of amides is 2. The van der Waals surface area contributed by atoms with Gasteiger partial charge in [-0.3, -0.25) is 9.59 Å². The fourth-order valence-corrected chi connectivity index (χ4v) is 3.39. The van der Waals surface area contributed by atoms with E-state index < -0.39 is 0 Å². The van der Waals surface area contributed by atoms with E-state index in [0.29, 0.717) is 39.0 Å². The van der Waals surface area contributed by atoms with E-state index >= 15 is 0 Å². The number of carbonyl (C=O) groups excluding carboxylic acids is 2. The second kappa shape index (κ2) is 9.96. The summed E-state index contributed by atoms with van der Waals surface area (Å²) in [7, 11) is 4.00. The minimum Gasteiger partial charge on any atom is -0.492 e. The molecule has 0 aliphatic carbocycles. The predicted octanol–water partition coefficient (Wildman–Crippen LogP) is 2.48. The first-order valence-electron chi connectivity index (χ1n) is 10.0. The predicted molar refractivity (Wildman–Crippen MR) is 114 cm³/mol. The molecular weight excluding hydrogens is 366 g/mol. The smallest absolute Gasteiger partial charge is 0.224 e. The number of para-hydroxylation sites is 1. The second-order valence-electron chi connectivity index (χ2n) is 7.53. The lowest BCUT2D eigenvalue weighted by Gasteiger charge is -2.17. The van der Waals surface area contributed by atoms with E-state index in [-0.39, 0.29) is 17.9 Å². The van der Waals surface area contributed by atoms with E-state index in [4.69, 9.17) is 4.74 Å². The van der Waals surface area contributed by atoms with E-state index in [1.807, 2.05) is 49.3 Å². The number of rotatable bonds is 9. The van der Waals surface area contributed by atoms with Crippen molar-refractivity contribution in [3.63, 3.8) is 0 Å². The topological polar surface area (TPSA) is 61.9 Å². The maximum Gasteiger partial charge on any atom is 0.224 e. The Balaban J connectivity index is 1.37. The summed E-state index contributed by atoms with van der Waals surface area (Å²) < 4.78 is 5.66. The van der Waals surface area contributed by atoms with Gasteiger partial charge in [0.2, 0.25) is 11.8 Å². The van der Waals surface area contributed by atoms with Crippen LogP contribution in [-0.4, -0.2) is 56.5 Å². The van der Waals surface area contributed by atoms with Gasteiger partial charge in [-0.2, -0.15) is 0 Å². The molecule has 3 rings (SSSR count). The van der Waals surface area contributed by atoms with Crippen LogP contribution in [0.25, 0.3) is 0 Å². The Kier molecular flexibility index (Phi) is 7.11. The Labute approximate surface area is 172 Å². The van der Waals surface area contributed by atoms with E-state index in [1.165, 1.54) is 0 Å². The minimum absolute atomic E-state index is 0.0122. The van der Waals surface area contributed by atoms with Gasteiger partial charge in [-0.15, -0.1) is 0 Å². The lowest BCUT2D eigenvalue weighted by molar-refractivity contribution is -0.128. The fraction of sp³-hybridized carbons (Fsp3) is 0.391. The van der Waals surface area contributed by atoms with Gasteiger partial charge < -0.3 is 19.9 Å². The largest absolute Gasteiger partial charge is 0.492 e. The van der Waals surface area contributed by atoms with Gasteiger partial charge in [-0.1, -0.05) is 30.3 Å². The quantitative estimate of drug-likeness (QED) is 0.709. The molecule has 2 aromatic carbocycles. The van der Waals surface area contributed by atoms with Crippen LogP contribution in [0.3, 0.4) is 0 Å². The number of hydrogen-bond donors (Lipinski definition) is 1. The lowest BCUT2D eigenvalue weighted by Crippen LogP contribution is -2.38. The Bertz CT molecular complexity index is 806. The summed E-state index contributed by atoms with van der Waals surface area (Å²) in [4.78, 5) is 28.3. The molecule has 0 aromatic heterocycles. The van der Waals surface area contributed by atoms with Gasteiger partial charge >= 0.3 is 0 Å². The summed E-state index contributed by atoms with van der Waals surface area (Å²) in [5.41, 5.74) is 2.27. The van der Waals surface area contributed by atoms with E-state index in [0.717, 1.165) is 17.0 Å². The highest BCUT2D eigenvalue weighted by Crippen LogP contribution is 2.15. The molecule has 2 aromatic rings. The molecule has 154 valence electrons. The lowest BCUT2D eigenvalue weighted by atomic mass is 10.1. The van der Waals surface area contributed by atoms with Crippen LogP contribution in [0.15, 0.2) is 54.6 Å². The summed E-state index contributed by atoms with van der Waals surface area (Å²) in [6.07, 6.45) is 1.46. The molecule has 1 N–H and O–H groups in total. The number of anilines is 1. The molecule has 1 aliphatic heterocycles. The van der Waals surface area contributed by atoms with Gasteiger partial charge in [-0.05, 0) is 36.2 Å². The molecule has 1 atom stereocenters. The third-order valence-electron chi connectivity index (χ3n) is 5.05. The van der Waals surface area contributed by atoms with Crippen LogP contribution < -0.4 is 15.0 Å². The van der Waals surface area contributed by atoms with Crippen LogP contribution in [0.1, 0.15) is 18.4 Å². The van der Waals surface area contributed by atoms with Gasteiger partial charge in [0.15, 0.2) is 0 Å². The highest BCUT2D eigenvalue weighted by molar-refractivity contribution is 5.82. The Morgan fingerprint density at radius 3 is 2.55 bits per heavy atom.